The molecule has 0 aliphatic rings. The highest BCUT2D eigenvalue weighted by atomic mass is 32.1. The van der Waals surface area contributed by atoms with E-state index in [0.717, 1.165) is 12.0 Å². The van der Waals surface area contributed by atoms with Gasteiger partial charge in [-0.15, -0.1) is 11.3 Å². The van der Waals surface area contributed by atoms with Gasteiger partial charge in [0.25, 0.3) is 0 Å². The number of nitrogens with zero attached hydrogens (tertiary/aromatic N) is 2. The van der Waals surface area contributed by atoms with Crippen LogP contribution >= 0.6 is 11.3 Å². The number of benzene rings is 1. The number of carbonyl (C=O) groups excluding carboxylic acids is 1. The Balaban J connectivity index is 1.85. The highest BCUT2D eigenvalue weighted by molar-refractivity contribution is 7.09. The number of carbonyl (C=O) groups is 1. The minimum atomic E-state index is 0.141. The van der Waals surface area contributed by atoms with Gasteiger partial charge in [-0.05, 0) is 35.6 Å². The van der Waals surface area contributed by atoms with Crippen molar-refractivity contribution >= 4 is 17.2 Å². The van der Waals surface area contributed by atoms with Gasteiger partial charge in [0.2, 0.25) is 5.91 Å². The van der Waals surface area contributed by atoms with E-state index in [1.807, 2.05) is 30.6 Å². The summed E-state index contributed by atoms with van der Waals surface area (Å²) < 4.78 is 0. The molecule has 0 fully saturated rings. The van der Waals surface area contributed by atoms with Crippen LogP contribution in [0, 0.1) is 11.3 Å². The van der Waals surface area contributed by atoms with E-state index in [4.69, 9.17) is 5.26 Å². The average molecular weight is 284 g/mol. The van der Waals surface area contributed by atoms with E-state index in [-0.39, 0.29) is 5.91 Å². The van der Waals surface area contributed by atoms with Crippen LogP contribution < -0.4 is 0 Å². The fourth-order valence-corrected chi connectivity index (χ4v) is 2.63. The number of nitriles is 1. The number of rotatable bonds is 5. The minimum absolute atomic E-state index is 0.141. The average Bonchev–Trinajstić information content (AvgIpc) is 2.98. The number of hydrogen-bond donors (Lipinski definition) is 0. The first-order chi connectivity index (χ1) is 9.69. The van der Waals surface area contributed by atoms with Gasteiger partial charge < -0.3 is 4.90 Å². The van der Waals surface area contributed by atoms with Gasteiger partial charge in [-0.3, -0.25) is 4.79 Å². The van der Waals surface area contributed by atoms with Gasteiger partial charge in [0.05, 0.1) is 11.6 Å². The number of aryl methyl sites for hydroxylation is 1. The maximum Gasteiger partial charge on any atom is 0.222 e. The Bertz CT molecular complexity index is 596. The second kappa shape index (κ2) is 6.88. The third-order valence-electron chi connectivity index (χ3n) is 3.09. The lowest BCUT2D eigenvalue weighted by Gasteiger charge is -2.17. The van der Waals surface area contributed by atoms with E-state index in [9.17, 15) is 4.79 Å². The van der Waals surface area contributed by atoms with Crippen LogP contribution in [0.3, 0.4) is 0 Å². The molecule has 4 heteroatoms. The predicted octanol–water partition coefficient (Wildman–Crippen LogP) is 3.21. The lowest BCUT2D eigenvalue weighted by atomic mass is 10.1. The summed E-state index contributed by atoms with van der Waals surface area (Å²) in [5, 5.41) is 10.8. The van der Waals surface area contributed by atoms with E-state index in [1.54, 1.807) is 28.4 Å². The van der Waals surface area contributed by atoms with Crippen molar-refractivity contribution in [1.82, 2.24) is 4.90 Å². The molecule has 0 saturated heterocycles. The molecule has 0 aliphatic carbocycles. The van der Waals surface area contributed by atoms with Crippen LogP contribution in [0.5, 0.6) is 0 Å². The highest BCUT2D eigenvalue weighted by Crippen LogP contribution is 2.12. The Labute approximate surface area is 123 Å². The Morgan fingerprint density at radius 3 is 2.65 bits per heavy atom. The molecule has 2 aromatic rings. The van der Waals surface area contributed by atoms with Gasteiger partial charge >= 0.3 is 0 Å². The minimum Gasteiger partial charge on any atom is -0.341 e. The summed E-state index contributed by atoms with van der Waals surface area (Å²) in [7, 11) is 1.81. The normalized spacial score (nSPS) is 10.0. The first-order valence-corrected chi connectivity index (χ1v) is 7.32. The van der Waals surface area contributed by atoms with Crippen LogP contribution in [0.4, 0.5) is 0 Å². The monoisotopic (exact) mass is 284 g/mol. The first kappa shape index (κ1) is 14.3. The largest absolute Gasteiger partial charge is 0.341 e. The lowest BCUT2D eigenvalue weighted by Crippen LogP contribution is -2.26. The van der Waals surface area contributed by atoms with Gasteiger partial charge in [-0.2, -0.15) is 5.26 Å². The van der Waals surface area contributed by atoms with Crippen molar-refractivity contribution in [3.8, 4) is 6.07 Å². The van der Waals surface area contributed by atoms with Crippen molar-refractivity contribution in [1.29, 1.82) is 5.26 Å². The molecule has 2 rings (SSSR count). The molecule has 0 spiro atoms. The van der Waals surface area contributed by atoms with Crippen molar-refractivity contribution < 1.29 is 4.79 Å². The van der Waals surface area contributed by atoms with Crippen LogP contribution in [0.1, 0.15) is 22.4 Å². The van der Waals surface area contributed by atoms with Gasteiger partial charge in [0.1, 0.15) is 0 Å². The summed E-state index contributed by atoms with van der Waals surface area (Å²) in [6.45, 7) is 0.578. The Kier molecular flexibility index (Phi) is 4.91. The Hall–Kier alpha value is -2.12. The van der Waals surface area contributed by atoms with Crippen molar-refractivity contribution in [2.45, 2.75) is 19.4 Å². The Morgan fingerprint density at radius 2 is 2.05 bits per heavy atom. The highest BCUT2D eigenvalue weighted by Gasteiger charge is 2.09. The number of hydrogen-bond acceptors (Lipinski definition) is 3. The van der Waals surface area contributed by atoms with Crippen LogP contribution in [0.15, 0.2) is 41.8 Å². The summed E-state index contributed by atoms with van der Waals surface area (Å²) >= 11 is 1.68. The second-order valence-corrected chi connectivity index (χ2v) is 5.67. The molecule has 1 aromatic heterocycles. The third-order valence-corrected chi connectivity index (χ3v) is 4.03. The quantitative estimate of drug-likeness (QED) is 0.846. The fourth-order valence-electron chi connectivity index (χ4n) is 1.92. The molecule has 0 radical (unpaired) electrons. The van der Waals surface area contributed by atoms with E-state index < -0.39 is 0 Å². The molecule has 1 aromatic carbocycles. The molecule has 20 heavy (non-hydrogen) atoms. The van der Waals surface area contributed by atoms with E-state index in [1.165, 1.54) is 4.88 Å². The Morgan fingerprint density at radius 1 is 1.30 bits per heavy atom. The van der Waals surface area contributed by atoms with Gasteiger partial charge in [-0.25, -0.2) is 0 Å². The molecule has 0 unspecified atom stereocenters. The number of thiophene rings is 1. The van der Waals surface area contributed by atoms with Crippen molar-refractivity contribution in [2.24, 2.45) is 0 Å². The van der Waals surface area contributed by atoms with Crippen LogP contribution in [0.25, 0.3) is 0 Å². The zero-order valence-corrected chi connectivity index (χ0v) is 12.2. The zero-order valence-electron chi connectivity index (χ0n) is 11.4. The summed E-state index contributed by atoms with van der Waals surface area (Å²) in [6.07, 6.45) is 1.33. The molecule has 1 amide bonds. The molecule has 0 N–H and O–H groups in total. The maximum atomic E-state index is 12.0. The molecule has 3 nitrogen and oxygen atoms in total. The van der Waals surface area contributed by atoms with E-state index >= 15 is 0 Å². The van der Waals surface area contributed by atoms with Crippen LogP contribution in [-0.4, -0.2) is 17.9 Å². The van der Waals surface area contributed by atoms with Gasteiger partial charge in [0, 0.05) is 24.9 Å². The predicted molar refractivity (Wildman–Crippen MR) is 80.3 cm³/mol. The van der Waals surface area contributed by atoms with E-state index in [0.29, 0.717) is 18.5 Å². The smallest absolute Gasteiger partial charge is 0.222 e. The van der Waals surface area contributed by atoms with Crippen molar-refractivity contribution in [2.75, 3.05) is 7.05 Å². The molecular formula is C16H16N2OS. The van der Waals surface area contributed by atoms with Crippen molar-refractivity contribution in [3.63, 3.8) is 0 Å². The molecule has 0 bridgehead atoms. The lowest BCUT2D eigenvalue weighted by molar-refractivity contribution is -0.130. The second-order valence-electron chi connectivity index (χ2n) is 4.64. The van der Waals surface area contributed by atoms with Gasteiger partial charge in [0.15, 0.2) is 0 Å². The molecule has 0 aliphatic heterocycles. The summed E-state index contributed by atoms with van der Waals surface area (Å²) in [5.74, 6) is 0.141. The standard InChI is InChI=1S/C16H16N2OS/c1-18(12-14-6-4-13(11-17)5-7-14)16(19)9-8-15-3-2-10-20-15/h2-7,10H,8-9,12H2,1H3. The summed E-state index contributed by atoms with van der Waals surface area (Å²) in [5.41, 5.74) is 1.68. The molecular weight excluding hydrogens is 268 g/mol. The topological polar surface area (TPSA) is 44.1 Å². The zero-order chi connectivity index (χ0) is 14.4. The molecule has 0 saturated carbocycles. The third kappa shape index (κ3) is 3.94. The van der Waals surface area contributed by atoms with Crippen molar-refractivity contribution in [3.05, 3.63) is 57.8 Å². The molecule has 1 heterocycles. The maximum absolute atomic E-state index is 12.0. The van der Waals surface area contributed by atoms with E-state index in [2.05, 4.69) is 12.1 Å². The van der Waals surface area contributed by atoms with Gasteiger partial charge in [-0.1, -0.05) is 18.2 Å². The summed E-state index contributed by atoms with van der Waals surface area (Å²) in [4.78, 5) is 15.0. The molecule has 0 atom stereocenters. The molecule has 102 valence electrons. The number of amides is 1. The fraction of sp³-hybridized carbons (Fsp3) is 0.250. The van der Waals surface area contributed by atoms with Crippen LogP contribution in [-0.2, 0) is 17.8 Å². The van der Waals surface area contributed by atoms with Crippen LogP contribution in [0.2, 0.25) is 0 Å². The SMILES string of the molecule is CN(Cc1ccc(C#N)cc1)C(=O)CCc1cccs1. The first-order valence-electron chi connectivity index (χ1n) is 6.44. The summed E-state index contributed by atoms with van der Waals surface area (Å²) in [6, 6.07) is 13.5.